The molecule has 49 heavy (non-hydrogen) atoms. The van der Waals surface area contributed by atoms with Crippen LogP contribution in [0.4, 0.5) is 5.82 Å². The Morgan fingerprint density at radius 3 is 1.88 bits per heavy atom. The van der Waals surface area contributed by atoms with Crippen LogP contribution in [-0.2, 0) is 35.0 Å². The van der Waals surface area contributed by atoms with E-state index in [1.165, 1.54) is 12.3 Å². The molecular weight excluding hydrogens is 660 g/mol. The normalized spacial score (nSPS) is 47.7. The van der Waals surface area contributed by atoms with Crippen molar-refractivity contribution in [1.29, 1.82) is 0 Å². The number of nitrogen functional groups attached to an aromatic ring is 1. The molecule has 0 amide bonds. The molecule has 22 heteroatoms. The summed E-state index contributed by atoms with van der Waals surface area (Å²) in [6.07, 6.45) is -19.9. The molecule has 19 N–H and O–H groups in total. The van der Waals surface area contributed by atoms with Crippen molar-refractivity contribution in [2.24, 2.45) is 28.7 Å². The summed E-state index contributed by atoms with van der Waals surface area (Å²) in [5.74, 6) is -0.0383. The molecule has 280 valence electrons. The molecule has 4 aliphatic rings. The largest absolute Gasteiger partial charge is 0.394 e. The van der Waals surface area contributed by atoms with Crippen LogP contribution in [0.25, 0.3) is 0 Å². The minimum atomic E-state index is -1.69. The fourth-order valence-electron chi connectivity index (χ4n) is 6.47. The molecule has 0 bridgehead atoms. The first-order chi connectivity index (χ1) is 23.2. The summed E-state index contributed by atoms with van der Waals surface area (Å²) in [5.41, 5.74) is 35.2. The van der Waals surface area contributed by atoms with Crippen LogP contribution in [0.15, 0.2) is 17.1 Å². The molecule has 22 nitrogen and oxygen atoms in total. The molecule has 1 aromatic heterocycles. The van der Waals surface area contributed by atoms with E-state index in [2.05, 4.69) is 4.98 Å². The average Bonchev–Trinajstić information content (AvgIpc) is 3.35. The van der Waals surface area contributed by atoms with E-state index in [0.717, 1.165) is 4.57 Å². The maximum absolute atomic E-state index is 12.6. The Hall–Kier alpha value is -2.04. The van der Waals surface area contributed by atoms with Gasteiger partial charge in [0, 0.05) is 24.8 Å². The van der Waals surface area contributed by atoms with E-state index in [1.54, 1.807) is 0 Å². The van der Waals surface area contributed by atoms with E-state index >= 15 is 0 Å². The van der Waals surface area contributed by atoms with Crippen molar-refractivity contribution in [3.05, 3.63) is 22.7 Å². The number of hydrogen-bond donors (Lipinski definition) is 13. The third kappa shape index (κ3) is 7.76. The summed E-state index contributed by atoms with van der Waals surface area (Å²) >= 11 is 0. The van der Waals surface area contributed by atoms with Gasteiger partial charge in [0.15, 0.2) is 18.9 Å². The zero-order valence-corrected chi connectivity index (χ0v) is 26.3. The fraction of sp³-hybridized carbons (Fsp3) is 0.852. The minimum absolute atomic E-state index is 0.0329. The second kappa shape index (κ2) is 15.7. The topological polar surface area (TPSA) is 388 Å². The molecule has 1 aromatic rings. The third-order valence-electron chi connectivity index (χ3n) is 9.41. The third-order valence-corrected chi connectivity index (χ3v) is 9.41. The van der Waals surface area contributed by atoms with Gasteiger partial charge in [0.2, 0.25) is 0 Å². The number of ether oxygens (including phenoxy) is 6. The van der Waals surface area contributed by atoms with Gasteiger partial charge in [-0.05, 0) is 12.5 Å². The predicted molar refractivity (Wildman–Crippen MR) is 162 cm³/mol. The zero-order chi connectivity index (χ0) is 35.9. The molecule has 0 unspecified atom stereocenters. The number of anilines is 1. The van der Waals surface area contributed by atoms with E-state index in [9.17, 15) is 40.5 Å². The second-order valence-corrected chi connectivity index (χ2v) is 12.8. The van der Waals surface area contributed by atoms with Crippen molar-refractivity contribution in [2.75, 3.05) is 18.9 Å². The number of aliphatic hydroxyl groups excluding tert-OH is 7. The van der Waals surface area contributed by atoms with Crippen molar-refractivity contribution in [3.8, 4) is 0 Å². The molecular formula is C27H48N8O14. The molecule has 0 radical (unpaired) electrons. The molecule has 4 fully saturated rings. The SMILES string of the molecule is NC[C@@H]1O[C@H](O[C@H]2[C@@H](O)[C@H](O[C@@H]3[C@@H](O)[C@H](N)C[C@H](N)[C@H]3O[C@H]3O[C@H](CO)[C@@H](O)[C@H](O)[C@H]3N)O[C@@H]2Cn2ccc(N)nc2=O)[C@H](N)[C@@H](O)[C@@H]1O. The maximum Gasteiger partial charge on any atom is 0.349 e. The number of aliphatic hydroxyl groups is 7. The molecule has 19 atom stereocenters. The standard InChI is InChI=1S/C27H48N8O14/c28-4-9-16(38)18(40)13(32)24(44-9)48-22-10(5-35-2-1-12(31)34-27(35)43)45-26(20(22)42)49-23-15(37)7(29)3-8(30)21(23)47-25-14(33)19(41)17(39)11(6-36)46-25/h1-2,7-11,13-26,36-42H,3-6,28-30,32-33H2,(H2,31,34,43)/t7-,8+,9+,10-,11-,13-,14-,15+,16-,17-,18-,19-,20-,21-,22-,23-,24-,25-,26+/m1/s1. The van der Waals surface area contributed by atoms with Gasteiger partial charge in [-0.1, -0.05) is 0 Å². The average molecular weight is 709 g/mol. The summed E-state index contributed by atoms with van der Waals surface area (Å²) in [7, 11) is 0. The van der Waals surface area contributed by atoms with E-state index in [4.69, 9.17) is 62.8 Å². The molecule has 1 saturated carbocycles. The maximum atomic E-state index is 12.6. The van der Waals surface area contributed by atoms with Crippen molar-refractivity contribution >= 4 is 5.82 Å². The van der Waals surface area contributed by atoms with Crippen LogP contribution in [0.1, 0.15) is 6.42 Å². The lowest BCUT2D eigenvalue weighted by atomic mass is 9.84. The van der Waals surface area contributed by atoms with E-state index in [1.807, 2.05) is 0 Å². The van der Waals surface area contributed by atoms with E-state index < -0.39 is 129 Å². The molecule has 0 aromatic carbocycles. The number of nitrogens with zero attached hydrogens (tertiary/aromatic N) is 2. The summed E-state index contributed by atoms with van der Waals surface area (Å²) in [4.78, 5) is 16.3. The van der Waals surface area contributed by atoms with Crippen LogP contribution in [0.5, 0.6) is 0 Å². The highest BCUT2D eigenvalue weighted by Gasteiger charge is 2.54. The minimum Gasteiger partial charge on any atom is -0.394 e. The highest BCUT2D eigenvalue weighted by atomic mass is 16.8. The van der Waals surface area contributed by atoms with Gasteiger partial charge < -0.3 is 98.6 Å². The lowest BCUT2D eigenvalue weighted by Gasteiger charge is -2.47. The first-order valence-corrected chi connectivity index (χ1v) is 15.8. The fourth-order valence-corrected chi connectivity index (χ4v) is 6.47. The van der Waals surface area contributed by atoms with Crippen LogP contribution < -0.4 is 40.1 Å². The first kappa shape index (κ1) is 38.2. The molecule has 3 saturated heterocycles. The second-order valence-electron chi connectivity index (χ2n) is 12.8. The van der Waals surface area contributed by atoms with Gasteiger partial charge in [0.05, 0.1) is 31.3 Å². The van der Waals surface area contributed by atoms with Crippen molar-refractivity contribution in [3.63, 3.8) is 0 Å². The lowest BCUT2D eigenvalue weighted by Crippen LogP contribution is -2.68. The smallest absolute Gasteiger partial charge is 0.349 e. The molecule has 4 heterocycles. The van der Waals surface area contributed by atoms with E-state index in [0.29, 0.717) is 0 Å². The Morgan fingerprint density at radius 1 is 0.735 bits per heavy atom. The Labute approximate surface area is 279 Å². The number of nitrogens with two attached hydrogens (primary N) is 6. The molecule has 5 rings (SSSR count). The van der Waals surface area contributed by atoms with Crippen LogP contribution in [0.2, 0.25) is 0 Å². The van der Waals surface area contributed by atoms with Crippen molar-refractivity contribution in [1.82, 2.24) is 9.55 Å². The highest BCUT2D eigenvalue weighted by Crippen LogP contribution is 2.35. The first-order valence-electron chi connectivity index (χ1n) is 15.8. The summed E-state index contributed by atoms with van der Waals surface area (Å²) in [5, 5.41) is 73.8. The quantitative estimate of drug-likeness (QED) is 0.107. The number of aromatic nitrogens is 2. The summed E-state index contributed by atoms with van der Waals surface area (Å²) in [6, 6.07) is -3.12. The zero-order valence-electron chi connectivity index (χ0n) is 26.3. The van der Waals surface area contributed by atoms with Gasteiger partial charge in [-0.25, -0.2) is 4.79 Å². The summed E-state index contributed by atoms with van der Waals surface area (Å²) < 4.78 is 36.6. The van der Waals surface area contributed by atoms with Crippen molar-refractivity contribution in [2.45, 2.75) is 129 Å². The Kier molecular flexibility index (Phi) is 12.2. The Morgan fingerprint density at radius 2 is 1.29 bits per heavy atom. The van der Waals surface area contributed by atoms with Gasteiger partial charge in [-0.3, -0.25) is 4.57 Å². The molecule has 3 aliphatic heterocycles. The van der Waals surface area contributed by atoms with Gasteiger partial charge in [-0.2, -0.15) is 4.98 Å². The van der Waals surface area contributed by atoms with Crippen LogP contribution >= 0.6 is 0 Å². The number of rotatable bonds is 10. The lowest BCUT2D eigenvalue weighted by molar-refractivity contribution is -0.310. The van der Waals surface area contributed by atoms with Gasteiger partial charge >= 0.3 is 5.69 Å². The summed E-state index contributed by atoms with van der Waals surface area (Å²) in [6.45, 7) is -1.16. The number of hydrogen-bond acceptors (Lipinski definition) is 21. The Bertz CT molecular complexity index is 1300. The van der Waals surface area contributed by atoms with Gasteiger partial charge in [-0.15, -0.1) is 0 Å². The van der Waals surface area contributed by atoms with Crippen LogP contribution in [0.3, 0.4) is 0 Å². The van der Waals surface area contributed by atoms with E-state index in [-0.39, 0.29) is 25.3 Å². The van der Waals surface area contributed by atoms with Crippen LogP contribution in [0, 0.1) is 0 Å². The van der Waals surface area contributed by atoms with Gasteiger partial charge in [0.25, 0.3) is 0 Å². The van der Waals surface area contributed by atoms with Gasteiger partial charge in [0.1, 0.15) is 73.0 Å². The van der Waals surface area contributed by atoms with Crippen LogP contribution in [-0.4, -0.2) is 175 Å². The highest BCUT2D eigenvalue weighted by molar-refractivity contribution is 5.23. The van der Waals surface area contributed by atoms with Crippen molar-refractivity contribution < 1.29 is 64.2 Å². The molecule has 0 spiro atoms. The predicted octanol–water partition coefficient (Wildman–Crippen LogP) is -9.01. The monoisotopic (exact) mass is 708 g/mol. The molecule has 1 aliphatic carbocycles. The Balaban J connectivity index is 1.40.